The van der Waals surface area contributed by atoms with Gasteiger partial charge < -0.3 is 4.90 Å². The molecule has 1 aliphatic heterocycles. The number of hydrogen-bond acceptors (Lipinski definition) is 4. The van der Waals surface area contributed by atoms with Gasteiger partial charge in [0.1, 0.15) is 0 Å². The van der Waals surface area contributed by atoms with Crippen LogP contribution in [0.25, 0.3) is 0 Å². The first-order valence-electron chi connectivity index (χ1n) is 4.85. The highest BCUT2D eigenvalue weighted by atomic mass is 16.7. The second-order valence-electron chi connectivity index (χ2n) is 3.65. The first kappa shape index (κ1) is 11.4. The molecule has 0 radical (unpaired) electrons. The fraction of sp³-hybridized carbons (Fsp3) is 0.889. The highest BCUT2D eigenvalue weighted by molar-refractivity contribution is 5.76. The number of nitrogens with zero attached hydrogens (tertiary/aromatic N) is 3. The van der Waals surface area contributed by atoms with E-state index in [1.807, 2.05) is 0 Å². The van der Waals surface area contributed by atoms with E-state index in [1.165, 1.54) is 12.2 Å². The Balaban J connectivity index is 2.27. The van der Waals surface area contributed by atoms with Crippen molar-refractivity contribution in [2.75, 3.05) is 53.9 Å². The Hall–Kier alpha value is -0.650. The maximum Gasteiger partial charge on any atom is 0.259 e. The molecule has 1 rings (SSSR count). The van der Waals surface area contributed by atoms with Crippen molar-refractivity contribution in [1.29, 1.82) is 0 Å². The number of rotatable bonds is 3. The minimum absolute atomic E-state index is 0.0112. The first-order valence-corrected chi connectivity index (χ1v) is 4.85. The van der Waals surface area contributed by atoms with Gasteiger partial charge in [-0.1, -0.05) is 0 Å². The summed E-state index contributed by atoms with van der Waals surface area (Å²) < 4.78 is 0. The summed E-state index contributed by atoms with van der Waals surface area (Å²) in [4.78, 5) is 20.7. The Kier molecular flexibility index (Phi) is 4.31. The Morgan fingerprint density at radius 2 is 1.93 bits per heavy atom. The lowest BCUT2D eigenvalue weighted by Crippen LogP contribution is -2.48. The summed E-state index contributed by atoms with van der Waals surface area (Å²) in [5.41, 5.74) is 0. The van der Waals surface area contributed by atoms with E-state index in [9.17, 15) is 4.79 Å². The quantitative estimate of drug-likeness (QED) is 0.563. The van der Waals surface area contributed by atoms with Crippen LogP contribution in [0.2, 0.25) is 0 Å². The molecule has 0 aromatic rings. The molecule has 1 amide bonds. The van der Waals surface area contributed by atoms with Crippen molar-refractivity contribution in [2.24, 2.45) is 0 Å². The van der Waals surface area contributed by atoms with Gasteiger partial charge in [-0.25, -0.2) is 5.06 Å². The average molecular weight is 201 g/mol. The molecule has 0 aromatic carbocycles. The number of likely N-dealkylation sites (N-methyl/N-ethyl adjacent to an activating group) is 2. The van der Waals surface area contributed by atoms with Crippen LogP contribution in [-0.4, -0.2) is 74.7 Å². The number of hydrogen-bond donors (Lipinski definition) is 0. The third kappa shape index (κ3) is 3.25. The zero-order valence-corrected chi connectivity index (χ0v) is 9.19. The van der Waals surface area contributed by atoms with Gasteiger partial charge in [-0.05, 0) is 7.05 Å². The van der Waals surface area contributed by atoms with Crippen LogP contribution < -0.4 is 0 Å². The monoisotopic (exact) mass is 201 g/mol. The van der Waals surface area contributed by atoms with E-state index in [0.29, 0.717) is 6.54 Å². The normalized spacial score (nSPS) is 19.6. The summed E-state index contributed by atoms with van der Waals surface area (Å²) in [5.74, 6) is 0.0112. The van der Waals surface area contributed by atoms with Crippen molar-refractivity contribution < 1.29 is 9.63 Å². The van der Waals surface area contributed by atoms with E-state index in [1.54, 1.807) is 7.05 Å². The predicted octanol–water partition coefficient (Wildman–Crippen LogP) is -0.746. The molecule has 5 heteroatoms. The molecule has 82 valence electrons. The molecule has 1 fully saturated rings. The molecule has 0 bridgehead atoms. The molecule has 0 N–H and O–H groups in total. The molecule has 5 nitrogen and oxygen atoms in total. The molecule has 0 aliphatic carbocycles. The van der Waals surface area contributed by atoms with Crippen molar-refractivity contribution in [1.82, 2.24) is 14.9 Å². The first-order chi connectivity index (χ1) is 6.63. The lowest BCUT2D eigenvalue weighted by Gasteiger charge is -2.32. The molecule has 14 heavy (non-hydrogen) atoms. The molecule has 0 saturated carbocycles. The van der Waals surface area contributed by atoms with E-state index in [-0.39, 0.29) is 5.91 Å². The summed E-state index contributed by atoms with van der Waals surface area (Å²) in [6.45, 7) is 4.44. The van der Waals surface area contributed by atoms with Crippen LogP contribution >= 0.6 is 0 Å². The molecule has 0 unspecified atom stereocenters. The SMILES string of the molecule is CON(C)C(=O)CN1CCN(C)CC1. The van der Waals surface area contributed by atoms with E-state index < -0.39 is 0 Å². The number of carbonyl (C=O) groups is 1. The average Bonchev–Trinajstić information content (AvgIpc) is 2.20. The molecule has 1 aliphatic rings. The number of hydroxylamine groups is 2. The van der Waals surface area contributed by atoms with Crippen molar-refractivity contribution in [3.8, 4) is 0 Å². The van der Waals surface area contributed by atoms with E-state index in [4.69, 9.17) is 4.84 Å². The van der Waals surface area contributed by atoms with Gasteiger partial charge in [0.2, 0.25) is 0 Å². The second kappa shape index (κ2) is 5.29. The van der Waals surface area contributed by atoms with E-state index in [2.05, 4.69) is 16.8 Å². The second-order valence-corrected chi connectivity index (χ2v) is 3.65. The predicted molar refractivity (Wildman–Crippen MR) is 53.7 cm³/mol. The highest BCUT2D eigenvalue weighted by Crippen LogP contribution is 1.99. The maximum absolute atomic E-state index is 11.5. The van der Waals surface area contributed by atoms with E-state index in [0.717, 1.165) is 26.2 Å². The van der Waals surface area contributed by atoms with Gasteiger partial charge in [0.25, 0.3) is 5.91 Å². The lowest BCUT2D eigenvalue weighted by atomic mass is 10.3. The maximum atomic E-state index is 11.5. The van der Waals surface area contributed by atoms with Gasteiger partial charge in [-0.15, -0.1) is 0 Å². The topological polar surface area (TPSA) is 36.0 Å². The Labute approximate surface area is 85.2 Å². The van der Waals surface area contributed by atoms with Crippen molar-refractivity contribution >= 4 is 5.91 Å². The van der Waals surface area contributed by atoms with Crippen LogP contribution in [0.1, 0.15) is 0 Å². The van der Waals surface area contributed by atoms with Crippen LogP contribution in [0, 0.1) is 0 Å². The zero-order valence-electron chi connectivity index (χ0n) is 9.19. The summed E-state index contributed by atoms with van der Waals surface area (Å²) in [6.07, 6.45) is 0. The van der Waals surface area contributed by atoms with Crippen molar-refractivity contribution in [3.05, 3.63) is 0 Å². The van der Waals surface area contributed by atoms with Crippen LogP contribution in [-0.2, 0) is 9.63 Å². The van der Waals surface area contributed by atoms with Gasteiger partial charge in [0, 0.05) is 33.2 Å². The Morgan fingerprint density at radius 3 is 2.43 bits per heavy atom. The summed E-state index contributed by atoms with van der Waals surface area (Å²) in [5, 5.41) is 1.28. The van der Waals surface area contributed by atoms with Gasteiger partial charge in [0.05, 0.1) is 13.7 Å². The highest BCUT2D eigenvalue weighted by Gasteiger charge is 2.18. The molecule has 0 aromatic heterocycles. The minimum atomic E-state index is 0.0112. The van der Waals surface area contributed by atoms with Crippen LogP contribution in [0.4, 0.5) is 0 Å². The number of carbonyl (C=O) groups excluding carboxylic acids is 1. The van der Waals surface area contributed by atoms with Gasteiger partial charge >= 0.3 is 0 Å². The fourth-order valence-corrected chi connectivity index (χ4v) is 1.40. The van der Waals surface area contributed by atoms with Crippen LogP contribution in [0.15, 0.2) is 0 Å². The zero-order chi connectivity index (χ0) is 10.6. The van der Waals surface area contributed by atoms with Crippen molar-refractivity contribution in [2.45, 2.75) is 0 Å². The van der Waals surface area contributed by atoms with Gasteiger partial charge in [0.15, 0.2) is 0 Å². The third-order valence-corrected chi connectivity index (χ3v) is 2.58. The molecular formula is C9H19N3O2. The third-order valence-electron chi connectivity index (χ3n) is 2.58. The molecule has 1 saturated heterocycles. The fourth-order valence-electron chi connectivity index (χ4n) is 1.40. The number of piperazine rings is 1. The summed E-state index contributed by atoms with van der Waals surface area (Å²) in [6, 6.07) is 0. The summed E-state index contributed by atoms with van der Waals surface area (Å²) >= 11 is 0. The Bertz CT molecular complexity index is 190. The van der Waals surface area contributed by atoms with Crippen LogP contribution in [0.3, 0.4) is 0 Å². The van der Waals surface area contributed by atoms with Crippen LogP contribution in [0.5, 0.6) is 0 Å². The molecule has 1 heterocycles. The number of amides is 1. The largest absolute Gasteiger partial charge is 0.304 e. The van der Waals surface area contributed by atoms with Gasteiger partial charge in [-0.3, -0.25) is 14.5 Å². The standard InChI is InChI=1S/C9H19N3O2/c1-10-4-6-12(7-5-10)8-9(13)11(2)14-3/h4-8H2,1-3H3. The smallest absolute Gasteiger partial charge is 0.259 e. The minimum Gasteiger partial charge on any atom is -0.304 e. The molecule has 0 spiro atoms. The van der Waals surface area contributed by atoms with E-state index >= 15 is 0 Å². The molecular weight excluding hydrogens is 182 g/mol. The van der Waals surface area contributed by atoms with Crippen molar-refractivity contribution in [3.63, 3.8) is 0 Å². The Morgan fingerprint density at radius 1 is 1.36 bits per heavy atom. The van der Waals surface area contributed by atoms with Gasteiger partial charge in [-0.2, -0.15) is 0 Å². The lowest BCUT2D eigenvalue weighted by molar-refractivity contribution is -0.170. The summed E-state index contributed by atoms with van der Waals surface area (Å²) in [7, 11) is 5.24. The molecule has 0 atom stereocenters.